The van der Waals surface area contributed by atoms with Crippen LogP contribution in [0.2, 0.25) is 0 Å². The van der Waals surface area contributed by atoms with Crippen LogP contribution in [0.3, 0.4) is 0 Å². The minimum atomic E-state index is -3.80. The fourth-order valence-electron chi connectivity index (χ4n) is 2.49. The highest BCUT2D eigenvalue weighted by atomic mass is 32.2. The Labute approximate surface area is 154 Å². The van der Waals surface area contributed by atoms with Crippen molar-refractivity contribution in [3.05, 3.63) is 63.6 Å². The monoisotopic (exact) mass is 393 g/mol. The largest absolute Gasteiger partial charge is 0.350 e. The maximum atomic E-state index is 13.1. The van der Waals surface area contributed by atoms with Gasteiger partial charge in [-0.25, -0.2) is 12.8 Å². The lowest BCUT2D eigenvalue weighted by Gasteiger charge is -2.03. The molecule has 2 N–H and O–H groups in total. The summed E-state index contributed by atoms with van der Waals surface area (Å²) in [4.78, 5) is 17.0. The Hall–Kier alpha value is -2.52. The fourth-order valence-corrected chi connectivity index (χ4v) is 4.66. The van der Waals surface area contributed by atoms with E-state index >= 15 is 0 Å². The molecule has 1 aromatic heterocycles. The Bertz CT molecular complexity index is 979. The zero-order valence-corrected chi connectivity index (χ0v) is 15.5. The first-order valence-corrected chi connectivity index (χ1v) is 10.1. The van der Waals surface area contributed by atoms with E-state index in [9.17, 15) is 17.6 Å². The second-order valence-corrected chi connectivity index (χ2v) is 8.24. The van der Waals surface area contributed by atoms with E-state index in [1.54, 1.807) is 6.92 Å². The van der Waals surface area contributed by atoms with E-state index in [1.165, 1.54) is 35.6 Å². The molecule has 136 valence electrons. The molecule has 26 heavy (non-hydrogen) atoms. The first-order chi connectivity index (χ1) is 12.4. The molecular formula is C17H16FN3O3S2. The van der Waals surface area contributed by atoms with Crippen LogP contribution < -0.4 is 10.0 Å². The van der Waals surface area contributed by atoms with E-state index in [1.807, 2.05) is 17.5 Å². The van der Waals surface area contributed by atoms with Crippen LogP contribution in [0.25, 0.3) is 4.91 Å². The third-order valence-electron chi connectivity index (χ3n) is 3.72. The average molecular weight is 393 g/mol. The van der Waals surface area contributed by atoms with Gasteiger partial charge in [0.15, 0.2) is 0 Å². The van der Waals surface area contributed by atoms with Gasteiger partial charge in [-0.3, -0.25) is 14.5 Å². The van der Waals surface area contributed by atoms with E-state index in [4.69, 9.17) is 0 Å². The summed E-state index contributed by atoms with van der Waals surface area (Å²) in [6.07, 6.45) is 0. The van der Waals surface area contributed by atoms with Crippen molar-refractivity contribution in [2.75, 3.05) is 6.54 Å². The molecule has 2 aromatic rings. The van der Waals surface area contributed by atoms with Crippen LogP contribution >= 0.6 is 11.3 Å². The Morgan fingerprint density at radius 1 is 1.27 bits per heavy atom. The van der Waals surface area contributed by atoms with E-state index in [2.05, 4.69) is 15.0 Å². The molecular weight excluding hydrogens is 377 g/mol. The van der Waals surface area contributed by atoms with E-state index in [-0.39, 0.29) is 23.2 Å². The molecule has 3 rings (SSSR count). The Morgan fingerprint density at radius 3 is 2.65 bits per heavy atom. The summed E-state index contributed by atoms with van der Waals surface area (Å²) < 4.78 is 40.1. The molecule has 1 aromatic carbocycles. The summed E-state index contributed by atoms with van der Waals surface area (Å²) in [6.45, 7) is 1.80. The summed E-state index contributed by atoms with van der Waals surface area (Å²) in [5.41, 5.74) is 0.756. The van der Waals surface area contributed by atoms with Gasteiger partial charge < -0.3 is 5.32 Å². The van der Waals surface area contributed by atoms with Crippen LogP contribution in [0.15, 0.2) is 52.3 Å². The van der Waals surface area contributed by atoms with Crippen molar-refractivity contribution in [3.8, 4) is 0 Å². The number of carbonyl (C=O) groups excluding carboxylic acids is 1. The zero-order chi connectivity index (χ0) is 18.7. The zero-order valence-electron chi connectivity index (χ0n) is 13.8. The summed E-state index contributed by atoms with van der Waals surface area (Å²) in [5.74, 6) is -0.643. The van der Waals surface area contributed by atoms with Crippen LogP contribution in [-0.2, 0) is 21.4 Å². The van der Waals surface area contributed by atoms with E-state index in [0.717, 1.165) is 4.88 Å². The van der Waals surface area contributed by atoms with Gasteiger partial charge in [0.2, 0.25) is 5.91 Å². The number of rotatable bonds is 5. The number of amides is 1. The maximum absolute atomic E-state index is 13.1. The Balaban J connectivity index is 1.74. The molecule has 6 nitrogen and oxygen atoms in total. The number of benzene rings is 1. The molecule has 9 heteroatoms. The van der Waals surface area contributed by atoms with Crippen LogP contribution in [0.5, 0.6) is 0 Å². The molecule has 2 heterocycles. The van der Waals surface area contributed by atoms with Gasteiger partial charge in [-0.15, -0.1) is 11.3 Å². The number of sulfonamides is 1. The molecule has 0 spiro atoms. The van der Waals surface area contributed by atoms with Gasteiger partial charge in [0.1, 0.15) is 23.1 Å². The number of nitrogens with zero attached hydrogens (tertiary/aromatic N) is 1. The topological polar surface area (TPSA) is 87.6 Å². The fraction of sp³-hybridized carbons (Fsp3) is 0.176. The number of carbonyl (C=O) groups is 1. The van der Waals surface area contributed by atoms with Gasteiger partial charge in [0.05, 0.1) is 6.54 Å². The second-order valence-electron chi connectivity index (χ2n) is 5.59. The minimum absolute atomic E-state index is 0.0373. The molecule has 0 fully saturated rings. The number of hydrogen-bond donors (Lipinski definition) is 2. The smallest absolute Gasteiger partial charge is 0.264 e. The van der Waals surface area contributed by atoms with Crippen LogP contribution in [0, 0.1) is 5.82 Å². The summed E-state index contributed by atoms with van der Waals surface area (Å²) in [5, 5.41) is 4.64. The maximum Gasteiger partial charge on any atom is 0.264 e. The summed E-state index contributed by atoms with van der Waals surface area (Å²) in [6, 6.07) is 8.97. The molecule has 1 aliphatic heterocycles. The molecule has 1 amide bonds. The number of thiophene rings is 1. The van der Waals surface area contributed by atoms with Crippen molar-refractivity contribution in [2.45, 2.75) is 13.5 Å². The van der Waals surface area contributed by atoms with Gasteiger partial charge in [-0.05, 0) is 36.1 Å². The quantitative estimate of drug-likeness (QED) is 0.817. The summed E-state index contributed by atoms with van der Waals surface area (Å²) in [7, 11) is -3.80. The third kappa shape index (κ3) is 4.00. The molecule has 0 radical (unpaired) electrons. The molecule has 0 saturated carbocycles. The van der Waals surface area contributed by atoms with Crippen molar-refractivity contribution < 1.29 is 17.6 Å². The molecule has 0 atom stereocenters. The van der Waals surface area contributed by atoms with E-state index in [0.29, 0.717) is 17.7 Å². The predicted molar refractivity (Wildman–Crippen MR) is 99.5 cm³/mol. The van der Waals surface area contributed by atoms with Crippen molar-refractivity contribution in [2.24, 2.45) is 4.99 Å². The van der Waals surface area contributed by atoms with Crippen molar-refractivity contribution in [1.82, 2.24) is 10.0 Å². The van der Waals surface area contributed by atoms with Gasteiger partial charge in [0.25, 0.3) is 10.0 Å². The molecule has 0 saturated heterocycles. The van der Waals surface area contributed by atoms with E-state index < -0.39 is 15.8 Å². The Morgan fingerprint density at radius 2 is 2.00 bits per heavy atom. The Kier molecular flexibility index (Phi) is 5.19. The van der Waals surface area contributed by atoms with Gasteiger partial charge in [0, 0.05) is 10.5 Å². The highest BCUT2D eigenvalue weighted by Gasteiger charge is 2.32. The van der Waals surface area contributed by atoms with Crippen LogP contribution in [0.1, 0.15) is 17.4 Å². The number of nitrogens with one attached hydrogen (secondary N) is 2. The molecule has 0 unspecified atom stereocenters. The average Bonchev–Trinajstić information content (AvgIpc) is 3.18. The van der Waals surface area contributed by atoms with Gasteiger partial charge >= 0.3 is 0 Å². The van der Waals surface area contributed by atoms with Crippen LogP contribution in [0.4, 0.5) is 4.39 Å². The lowest BCUT2D eigenvalue weighted by molar-refractivity contribution is -0.119. The third-order valence-corrected chi connectivity index (χ3v) is 6.14. The van der Waals surface area contributed by atoms with Gasteiger partial charge in [-0.2, -0.15) is 0 Å². The number of aliphatic imine (C=N–C) groups is 1. The molecule has 0 bridgehead atoms. The second kappa shape index (κ2) is 7.38. The SMILES string of the molecule is CC1=C(c2ccc(F)cc2)S(=O)(=O)NC1=NCC(=O)NCc1cccs1. The highest BCUT2D eigenvalue weighted by molar-refractivity contribution is 8.00. The van der Waals surface area contributed by atoms with Crippen molar-refractivity contribution in [3.63, 3.8) is 0 Å². The van der Waals surface area contributed by atoms with Crippen LogP contribution in [-0.4, -0.2) is 26.7 Å². The molecule has 0 aliphatic carbocycles. The summed E-state index contributed by atoms with van der Waals surface area (Å²) >= 11 is 1.53. The first kappa shape index (κ1) is 18.3. The first-order valence-electron chi connectivity index (χ1n) is 7.70. The van der Waals surface area contributed by atoms with Crippen molar-refractivity contribution >= 4 is 38.0 Å². The van der Waals surface area contributed by atoms with Gasteiger partial charge in [-0.1, -0.05) is 18.2 Å². The lowest BCUT2D eigenvalue weighted by atomic mass is 10.1. The number of hydrogen-bond acceptors (Lipinski definition) is 5. The highest BCUT2D eigenvalue weighted by Crippen LogP contribution is 2.29. The lowest BCUT2D eigenvalue weighted by Crippen LogP contribution is -2.28. The normalized spacial score (nSPS) is 17.4. The molecule has 1 aliphatic rings. The van der Waals surface area contributed by atoms with Crippen molar-refractivity contribution in [1.29, 1.82) is 0 Å². The number of amidine groups is 1. The number of halogens is 1. The predicted octanol–water partition coefficient (Wildman–Crippen LogP) is 2.27. The minimum Gasteiger partial charge on any atom is -0.350 e. The standard InChI is InChI=1S/C17H16FN3O3S2/c1-11-16(12-4-6-13(18)7-5-12)26(23,24)21-17(11)20-10-15(22)19-9-14-3-2-8-25-14/h2-8H,9-10H2,1H3,(H,19,22)(H,20,21).